The van der Waals surface area contributed by atoms with Gasteiger partial charge in [0.1, 0.15) is 5.82 Å². The van der Waals surface area contributed by atoms with E-state index >= 15 is 0 Å². The third-order valence-electron chi connectivity index (χ3n) is 4.13. The molecule has 2 fully saturated rings. The van der Waals surface area contributed by atoms with Crippen LogP contribution in [0.4, 0.5) is 4.39 Å². The number of carbonyl (C=O) groups is 1. The smallest absolute Gasteiger partial charge is 0.254 e. The average molecular weight is 312 g/mol. The molecule has 0 aromatic heterocycles. The van der Waals surface area contributed by atoms with E-state index in [1.54, 1.807) is 12.1 Å². The minimum atomic E-state index is -0.480. The summed E-state index contributed by atoms with van der Waals surface area (Å²) in [6, 6.07) is 4.79. The predicted molar refractivity (Wildman–Crippen MR) is 70.8 cm³/mol. The molecule has 2 aliphatic carbocycles. The molecule has 0 saturated heterocycles. The summed E-state index contributed by atoms with van der Waals surface area (Å²) >= 11 is 3.10. The second-order valence-corrected chi connectivity index (χ2v) is 6.28. The molecule has 0 unspecified atom stereocenters. The van der Waals surface area contributed by atoms with Gasteiger partial charge < -0.3 is 5.32 Å². The van der Waals surface area contributed by atoms with Crippen molar-refractivity contribution in [2.75, 3.05) is 6.54 Å². The summed E-state index contributed by atoms with van der Waals surface area (Å²) < 4.78 is 14.1. The third kappa shape index (κ3) is 2.18. The zero-order chi connectivity index (χ0) is 12.8. The first-order valence-electron chi connectivity index (χ1n) is 6.35. The Morgan fingerprint density at radius 3 is 2.78 bits per heavy atom. The highest BCUT2D eigenvalue weighted by Gasteiger charge is 2.53. The Hall–Kier alpha value is -0.900. The molecule has 0 aliphatic heterocycles. The standard InChI is InChI=1S/C14H15BrFNO/c15-11-3-1-2-10(12(11)16)13(18)17-8-14(6-7-14)9-4-5-9/h1-3,9H,4-8H2,(H,17,18). The number of amides is 1. The van der Waals surface area contributed by atoms with Gasteiger partial charge in [-0.2, -0.15) is 0 Å². The van der Waals surface area contributed by atoms with Crippen LogP contribution >= 0.6 is 15.9 Å². The van der Waals surface area contributed by atoms with Gasteiger partial charge in [0.25, 0.3) is 5.91 Å². The fourth-order valence-electron chi connectivity index (χ4n) is 2.62. The minimum absolute atomic E-state index is 0.121. The summed E-state index contributed by atoms with van der Waals surface area (Å²) in [5, 5.41) is 2.89. The van der Waals surface area contributed by atoms with Crippen molar-refractivity contribution < 1.29 is 9.18 Å². The summed E-state index contributed by atoms with van der Waals surface area (Å²) in [4.78, 5) is 12.0. The van der Waals surface area contributed by atoms with Gasteiger partial charge in [0.2, 0.25) is 0 Å². The Morgan fingerprint density at radius 2 is 2.17 bits per heavy atom. The molecule has 2 saturated carbocycles. The van der Waals surface area contributed by atoms with E-state index in [1.807, 2.05) is 0 Å². The van der Waals surface area contributed by atoms with Gasteiger partial charge in [-0.3, -0.25) is 4.79 Å². The van der Waals surface area contributed by atoms with Crippen molar-refractivity contribution in [1.82, 2.24) is 5.32 Å². The predicted octanol–water partition coefficient (Wildman–Crippen LogP) is 3.51. The summed E-state index contributed by atoms with van der Waals surface area (Å²) in [7, 11) is 0. The zero-order valence-corrected chi connectivity index (χ0v) is 11.6. The van der Waals surface area contributed by atoms with Crippen molar-refractivity contribution in [2.45, 2.75) is 25.7 Å². The van der Waals surface area contributed by atoms with Crippen molar-refractivity contribution >= 4 is 21.8 Å². The number of hydrogen-bond donors (Lipinski definition) is 1. The normalized spacial score (nSPS) is 20.6. The third-order valence-corrected chi connectivity index (χ3v) is 4.75. The molecule has 3 rings (SSSR count). The molecular weight excluding hydrogens is 297 g/mol. The molecule has 0 radical (unpaired) electrons. The lowest BCUT2D eigenvalue weighted by molar-refractivity contribution is 0.0938. The van der Waals surface area contributed by atoms with Crippen LogP contribution < -0.4 is 5.32 Å². The van der Waals surface area contributed by atoms with Gasteiger partial charge in [-0.15, -0.1) is 0 Å². The fraction of sp³-hybridized carbons (Fsp3) is 0.500. The Balaban J connectivity index is 1.66. The molecular formula is C14H15BrFNO. The molecule has 2 aliphatic rings. The lowest BCUT2D eigenvalue weighted by Crippen LogP contribution is -2.31. The molecule has 4 heteroatoms. The molecule has 0 heterocycles. The van der Waals surface area contributed by atoms with Gasteiger partial charge in [0.05, 0.1) is 10.0 Å². The van der Waals surface area contributed by atoms with Crippen LogP contribution in [0.3, 0.4) is 0 Å². The second kappa shape index (κ2) is 4.34. The van der Waals surface area contributed by atoms with Gasteiger partial charge in [-0.1, -0.05) is 6.07 Å². The summed E-state index contributed by atoms with van der Waals surface area (Å²) in [5.74, 6) is 0.0113. The maximum atomic E-state index is 13.8. The van der Waals surface area contributed by atoms with Gasteiger partial charge in [-0.25, -0.2) is 4.39 Å². The van der Waals surface area contributed by atoms with E-state index < -0.39 is 5.82 Å². The number of carbonyl (C=O) groups excluding carboxylic acids is 1. The molecule has 1 amide bonds. The summed E-state index contributed by atoms with van der Waals surface area (Å²) in [6.45, 7) is 0.697. The zero-order valence-electron chi connectivity index (χ0n) is 10.0. The summed E-state index contributed by atoms with van der Waals surface area (Å²) in [5.41, 5.74) is 0.467. The topological polar surface area (TPSA) is 29.1 Å². The van der Waals surface area contributed by atoms with E-state index in [1.165, 1.54) is 31.7 Å². The molecule has 96 valence electrons. The van der Waals surface area contributed by atoms with E-state index in [2.05, 4.69) is 21.2 Å². The molecule has 18 heavy (non-hydrogen) atoms. The van der Waals surface area contributed by atoms with Crippen LogP contribution in [-0.4, -0.2) is 12.5 Å². The van der Waals surface area contributed by atoms with E-state index in [9.17, 15) is 9.18 Å². The van der Waals surface area contributed by atoms with Crippen molar-refractivity contribution in [3.05, 3.63) is 34.1 Å². The fourth-order valence-corrected chi connectivity index (χ4v) is 2.98. The highest BCUT2D eigenvalue weighted by molar-refractivity contribution is 9.10. The highest BCUT2D eigenvalue weighted by atomic mass is 79.9. The van der Waals surface area contributed by atoms with Crippen LogP contribution in [0.25, 0.3) is 0 Å². The number of halogens is 2. The van der Waals surface area contributed by atoms with Crippen molar-refractivity contribution in [3.63, 3.8) is 0 Å². The van der Waals surface area contributed by atoms with Crippen LogP contribution in [0.1, 0.15) is 36.0 Å². The number of benzene rings is 1. The first-order valence-corrected chi connectivity index (χ1v) is 7.14. The first kappa shape index (κ1) is 12.2. The number of rotatable bonds is 4. The Bertz CT molecular complexity index is 495. The number of hydrogen-bond acceptors (Lipinski definition) is 1. The Morgan fingerprint density at radius 1 is 1.44 bits per heavy atom. The molecule has 0 atom stereocenters. The average Bonchev–Trinajstić information content (AvgIpc) is 3.22. The second-order valence-electron chi connectivity index (χ2n) is 5.42. The van der Waals surface area contributed by atoms with Crippen LogP contribution in [-0.2, 0) is 0 Å². The largest absolute Gasteiger partial charge is 0.351 e. The monoisotopic (exact) mass is 311 g/mol. The molecule has 0 spiro atoms. The minimum Gasteiger partial charge on any atom is -0.351 e. The SMILES string of the molecule is O=C(NCC1(C2CC2)CC1)c1cccc(Br)c1F. The molecule has 1 N–H and O–H groups in total. The van der Waals surface area contributed by atoms with Gasteiger partial charge in [0, 0.05) is 6.54 Å². The van der Waals surface area contributed by atoms with E-state index in [4.69, 9.17) is 0 Å². The first-order chi connectivity index (χ1) is 8.62. The van der Waals surface area contributed by atoms with Crippen LogP contribution in [0, 0.1) is 17.2 Å². The Labute approximate surface area is 114 Å². The molecule has 1 aromatic rings. The van der Waals surface area contributed by atoms with Gasteiger partial charge in [0.15, 0.2) is 0 Å². The maximum Gasteiger partial charge on any atom is 0.254 e. The van der Waals surface area contributed by atoms with Crippen LogP contribution in [0.5, 0.6) is 0 Å². The van der Waals surface area contributed by atoms with Gasteiger partial charge >= 0.3 is 0 Å². The van der Waals surface area contributed by atoms with Crippen LogP contribution in [0.15, 0.2) is 22.7 Å². The molecule has 0 bridgehead atoms. The molecule has 2 nitrogen and oxygen atoms in total. The summed E-state index contributed by atoms with van der Waals surface area (Å²) in [6.07, 6.45) is 5.00. The van der Waals surface area contributed by atoms with Crippen molar-refractivity contribution in [2.24, 2.45) is 11.3 Å². The van der Waals surface area contributed by atoms with E-state index in [0.717, 1.165) is 5.92 Å². The van der Waals surface area contributed by atoms with Gasteiger partial charge in [-0.05, 0) is 65.1 Å². The maximum absolute atomic E-state index is 13.8. The quantitative estimate of drug-likeness (QED) is 0.906. The van der Waals surface area contributed by atoms with E-state index in [-0.39, 0.29) is 11.5 Å². The van der Waals surface area contributed by atoms with Crippen molar-refractivity contribution in [3.8, 4) is 0 Å². The van der Waals surface area contributed by atoms with Crippen LogP contribution in [0.2, 0.25) is 0 Å². The highest BCUT2D eigenvalue weighted by Crippen LogP contribution is 2.60. The number of nitrogens with one attached hydrogen (secondary N) is 1. The lowest BCUT2D eigenvalue weighted by atomic mass is 10.0. The Kier molecular flexibility index (Phi) is 2.93. The molecule has 1 aromatic carbocycles. The lowest BCUT2D eigenvalue weighted by Gasteiger charge is -2.15. The van der Waals surface area contributed by atoms with Crippen molar-refractivity contribution in [1.29, 1.82) is 0 Å². The van der Waals surface area contributed by atoms with E-state index in [0.29, 0.717) is 16.4 Å².